The number of aromatic nitrogens is 3. The molecule has 1 unspecified atom stereocenters. The van der Waals surface area contributed by atoms with E-state index < -0.39 is 23.6 Å². The number of pyridine rings is 1. The van der Waals surface area contributed by atoms with Crippen molar-refractivity contribution < 1.29 is 27.5 Å². The SMILES string of the molecule is Nc1ncc(NC(=O)C(=O)N(Cc2ccc(C(F)(F)F)cc2)C2CC2)c2c1cnn2C1CCCCO1. The Labute approximate surface area is 204 Å². The van der Waals surface area contributed by atoms with Gasteiger partial charge < -0.3 is 20.7 Å². The van der Waals surface area contributed by atoms with Crippen molar-refractivity contribution in [3.63, 3.8) is 0 Å². The maximum Gasteiger partial charge on any atom is 0.416 e. The summed E-state index contributed by atoms with van der Waals surface area (Å²) in [4.78, 5) is 31.7. The molecule has 1 saturated heterocycles. The van der Waals surface area contributed by atoms with Crippen molar-refractivity contribution >= 4 is 34.2 Å². The standard InChI is InChI=1S/C24H25F3N6O3/c25-24(26,27)15-6-4-14(5-7-15)13-32(16-8-9-16)23(35)22(34)31-18-12-29-21(28)17-11-30-33(20(17)18)19-3-1-2-10-36-19/h4-7,11-12,16,19H,1-3,8-10,13H2,(H2,28,29)(H,31,34). The average Bonchev–Trinajstić information content (AvgIpc) is 3.61. The summed E-state index contributed by atoms with van der Waals surface area (Å²) in [6.45, 7) is 0.616. The predicted molar refractivity (Wildman–Crippen MR) is 124 cm³/mol. The first-order valence-electron chi connectivity index (χ1n) is 11.7. The number of nitrogens with one attached hydrogen (secondary N) is 1. The lowest BCUT2D eigenvalue weighted by atomic mass is 10.1. The number of carbonyl (C=O) groups is 2. The van der Waals surface area contributed by atoms with Crippen LogP contribution in [0.2, 0.25) is 0 Å². The first-order valence-corrected chi connectivity index (χ1v) is 11.7. The fraction of sp³-hybridized carbons (Fsp3) is 0.417. The van der Waals surface area contributed by atoms with Gasteiger partial charge in [0.2, 0.25) is 0 Å². The smallest absolute Gasteiger partial charge is 0.383 e. The van der Waals surface area contributed by atoms with E-state index in [4.69, 9.17) is 10.5 Å². The summed E-state index contributed by atoms with van der Waals surface area (Å²) in [5.74, 6) is -1.42. The van der Waals surface area contributed by atoms with E-state index in [1.807, 2.05) is 0 Å². The maximum absolute atomic E-state index is 13.1. The third kappa shape index (κ3) is 4.85. The number of rotatable bonds is 5. The number of amides is 2. The van der Waals surface area contributed by atoms with E-state index in [1.165, 1.54) is 23.2 Å². The minimum atomic E-state index is -4.45. The number of fused-ring (bicyclic) bond motifs is 1. The van der Waals surface area contributed by atoms with Crippen molar-refractivity contribution in [2.24, 2.45) is 0 Å². The highest BCUT2D eigenvalue weighted by Crippen LogP contribution is 2.34. The molecule has 1 saturated carbocycles. The van der Waals surface area contributed by atoms with Crippen molar-refractivity contribution in [2.45, 2.75) is 57.1 Å². The first-order chi connectivity index (χ1) is 17.2. The number of halogens is 3. The molecule has 2 aliphatic rings. The molecule has 1 aliphatic carbocycles. The van der Waals surface area contributed by atoms with Crippen LogP contribution in [0.4, 0.5) is 24.7 Å². The quantitative estimate of drug-likeness (QED) is 0.512. The van der Waals surface area contributed by atoms with Gasteiger partial charge in [-0.2, -0.15) is 18.3 Å². The van der Waals surface area contributed by atoms with E-state index in [9.17, 15) is 22.8 Å². The fourth-order valence-corrected chi connectivity index (χ4v) is 4.36. The summed E-state index contributed by atoms with van der Waals surface area (Å²) in [6.07, 6.45) is 2.26. The number of hydrogen-bond acceptors (Lipinski definition) is 6. The number of nitrogens with zero attached hydrogens (tertiary/aromatic N) is 4. The number of nitrogens with two attached hydrogens (primary N) is 1. The van der Waals surface area contributed by atoms with E-state index in [1.54, 1.807) is 10.9 Å². The highest BCUT2D eigenvalue weighted by atomic mass is 19.4. The molecule has 36 heavy (non-hydrogen) atoms. The van der Waals surface area contributed by atoms with Crippen molar-refractivity contribution in [3.05, 3.63) is 47.8 Å². The lowest BCUT2D eigenvalue weighted by molar-refractivity contribution is -0.144. The Hall–Kier alpha value is -3.67. The normalized spacial score (nSPS) is 18.2. The van der Waals surface area contributed by atoms with Crippen LogP contribution >= 0.6 is 0 Å². The van der Waals surface area contributed by atoms with Crippen LogP contribution in [-0.2, 0) is 27.0 Å². The molecule has 0 bridgehead atoms. The molecular formula is C24H25F3N6O3. The number of hydrogen-bond donors (Lipinski definition) is 2. The van der Waals surface area contributed by atoms with Crippen LogP contribution in [0, 0.1) is 0 Å². The van der Waals surface area contributed by atoms with Gasteiger partial charge in [-0.25, -0.2) is 9.67 Å². The van der Waals surface area contributed by atoms with Gasteiger partial charge in [0.1, 0.15) is 11.3 Å². The monoisotopic (exact) mass is 502 g/mol. The van der Waals surface area contributed by atoms with Gasteiger partial charge in [-0.05, 0) is 49.8 Å². The zero-order chi connectivity index (χ0) is 25.4. The van der Waals surface area contributed by atoms with Gasteiger partial charge in [0.15, 0.2) is 6.23 Å². The van der Waals surface area contributed by atoms with Gasteiger partial charge in [0.05, 0.1) is 29.0 Å². The van der Waals surface area contributed by atoms with Gasteiger partial charge in [0, 0.05) is 19.2 Å². The predicted octanol–water partition coefficient (Wildman–Crippen LogP) is 3.86. The summed E-state index contributed by atoms with van der Waals surface area (Å²) in [5.41, 5.74) is 6.53. The third-order valence-corrected chi connectivity index (χ3v) is 6.41. The highest BCUT2D eigenvalue weighted by Gasteiger charge is 2.36. The van der Waals surface area contributed by atoms with Crippen LogP contribution in [0.1, 0.15) is 49.5 Å². The molecule has 1 aliphatic heterocycles. The molecular weight excluding hydrogens is 477 g/mol. The van der Waals surface area contributed by atoms with Crippen molar-refractivity contribution in [3.8, 4) is 0 Å². The van der Waals surface area contributed by atoms with Gasteiger partial charge >= 0.3 is 18.0 Å². The van der Waals surface area contributed by atoms with Gasteiger partial charge in [-0.3, -0.25) is 9.59 Å². The summed E-state index contributed by atoms with van der Waals surface area (Å²) >= 11 is 0. The molecule has 2 fully saturated rings. The van der Waals surface area contributed by atoms with Crippen LogP contribution in [0.15, 0.2) is 36.7 Å². The molecule has 0 spiro atoms. The van der Waals surface area contributed by atoms with Crippen LogP contribution in [0.3, 0.4) is 0 Å². The van der Waals surface area contributed by atoms with Gasteiger partial charge in [0.25, 0.3) is 0 Å². The van der Waals surface area contributed by atoms with Crippen LogP contribution < -0.4 is 11.1 Å². The number of alkyl halides is 3. The molecule has 1 atom stereocenters. The number of nitrogen functional groups attached to an aromatic ring is 1. The zero-order valence-corrected chi connectivity index (χ0v) is 19.3. The highest BCUT2D eigenvalue weighted by molar-refractivity contribution is 6.40. The zero-order valence-electron chi connectivity index (χ0n) is 19.3. The summed E-state index contributed by atoms with van der Waals surface area (Å²) in [6, 6.07) is 4.43. The fourth-order valence-electron chi connectivity index (χ4n) is 4.36. The number of anilines is 2. The Balaban J connectivity index is 1.36. The van der Waals surface area contributed by atoms with Crippen molar-refractivity contribution in [1.82, 2.24) is 19.7 Å². The first kappa shape index (κ1) is 24.0. The van der Waals surface area contributed by atoms with Gasteiger partial charge in [-0.15, -0.1) is 0 Å². The van der Waals surface area contributed by atoms with E-state index in [0.717, 1.165) is 44.2 Å². The van der Waals surface area contributed by atoms with Gasteiger partial charge in [-0.1, -0.05) is 12.1 Å². The molecule has 2 aromatic heterocycles. The van der Waals surface area contributed by atoms with Crippen LogP contribution in [0.25, 0.3) is 10.9 Å². The Morgan fingerprint density at radius 3 is 2.53 bits per heavy atom. The summed E-state index contributed by atoms with van der Waals surface area (Å²) in [5, 5.41) is 7.56. The second-order valence-corrected chi connectivity index (χ2v) is 9.04. The van der Waals surface area contributed by atoms with Crippen molar-refractivity contribution in [1.29, 1.82) is 0 Å². The third-order valence-electron chi connectivity index (χ3n) is 6.41. The number of ether oxygens (including phenoxy) is 1. The van der Waals surface area contributed by atoms with Crippen LogP contribution in [-0.4, -0.2) is 44.1 Å². The summed E-state index contributed by atoms with van der Waals surface area (Å²) in [7, 11) is 0. The largest absolute Gasteiger partial charge is 0.416 e. The number of benzene rings is 1. The lowest BCUT2D eigenvalue weighted by Gasteiger charge is -2.24. The second kappa shape index (κ2) is 9.41. The molecule has 3 aromatic rings. The molecule has 1 aromatic carbocycles. The Bertz CT molecular complexity index is 1280. The van der Waals surface area contributed by atoms with E-state index in [2.05, 4.69) is 15.4 Å². The second-order valence-electron chi connectivity index (χ2n) is 9.04. The Morgan fingerprint density at radius 2 is 1.89 bits per heavy atom. The van der Waals surface area contributed by atoms with E-state index in [0.29, 0.717) is 23.1 Å². The van der Waals surface area contributed by atoms with Crippen LogP contribution in [0.5, 0.6) is 0 Å². The molecule has 0 radical (unpaired) electrons. The summed E-state index contributed by atoms with van der Waals surface area (Å²) < 4.78 is 46.1. The van der Waals surface area contributed by atoms with E-state index >= 15 is 0 Å². The number of carbonyl (C=O) groups excluding carboxylic acids is 2. The Kier molecular flexibility index (Phi) is 6.29. The molecule has 3 heterocycles. The Morgan fingerprint density at radius 1 is 1.14 bits per heavy atom. The maximum atomic E-state index is 13.1. The molecule has 9 nitrogen and oxygen atoms in total. The molecule has 5 rings (SSSR count). The molecule has 190 valence electrons. The van der Waals surface area contributed by atoms with E-state index in [-0.39, 0.29) is 30.3 Å². The lowest BCUT2D eigenvalue weighted by Crippen LogP contribution is -2.40. The molecule has 3 N–H and O–H groups in total. The average molecular weight is 502 g/mol. The minimum Gasteiger partial charge on any atom is -0.383 e. The topological polar surface area (TPSA) is 115 Å². The van der Waals surface area contributed by atoms with Crippen molar-refractivity contribution in [2.75, 3.05) is 17.7 Å². The molecule has 2 amide bonds. The minimum absolute atomic E-state index is 0.0261. The molecule has 12 heteroatoms.